The molecule has 2 aromatic carbocycles. The molecule has 182 valence electrons. The second-order valence-electron chi connectivity index (χ2n) is 8.41. The molecule has 1 aromatic heterocycles. The molecule has 0 bridgehead atoms. The summed E-state index contributed by atoms with van der Waals surface area (Å²) in [6.45, 7) is 4.45. The summed E-state index contributed by atoms with van der Waals surface area (Å²) >= 11 is 1.43. The van der Waals surface area contributed by atoms with Crippen molar-refractivity contribution in [2.75, 3.05) is 48.0 Å². The van der Waals surface area contributed by atoms with Crippen LogP contribution in [0.15, 0.2) is 65.8 Å². The third-order valence-electron chi connectivity index (χ3n) is 5.79. The Kier molecular flexibility index (Phi) is 8.20. The minimum Gasteiger partial charge on any atom is -0.353 e. The Morgan fingerprint density at radius 2 is 1.71 bits per heavy atom. The Morgan fingerprint density at radius 1 is 0.943 bits per heavy atom. The van der Waals surface area contributed by atoms with Gasteiger partial charge in [0.2, 0.25) is 5.91 Å². The number of anilines is 3. The molecule has 9 heteroatoms. The van der Waals surface area contributed by atoms with E-state index in [0.717, 1.165) is 22.6 Å². The van der Waals surface area contributed by atoms with Gasteiger partial charge in [-0.3, -0.25) is 4.79 Å². The van der Waals surface area contributed by atoms with Gasteiger partial charge in [-0.1, -0.05) is 54.2 Å². The summed E-state index contributed by atoms with van der Waals surface area (Å²) < 4.78 is 0. The van der Waals surface area contributed by atoms with Crippen molar-refractivity contribution in [3.63, 3.8) is 0 Å². The number of piperazine rings is 1. The van der Waals surface area contributed by atoms with Crippen LogP contribution in [0.25, 0.3) is 0 Å². The molecular weight excluding hydrogens is 460 g/mol. The normalized spacial score (nSPS) is 13.4. The van der Waals surface area contributed by atoms with Crippen LogP contribution in [-0.2, 0) is 11.2 Å². The number of benzene rings is 2. The fourth-order valence-corrected chi connectivity index (χ4v) is 4.28. The van der Waals surface area contributed by atoms with Crippen molar-refractivity contribution in [3.8, 4) is 0 Å². The summed E-state index contributed by atoms with van der Waals surface area (Å²) in [5.74, 6) is 1.17. The van der Waals surface area contributed by atoms with Crippen LogP contribution in [0.3, 0.4) is 0 Å². The lowest BCUT2D eigenvalue weighted by molar-refractivity contribution is -0.116. The maximum atomic E-state index is 12.7. The van der Waals surface area contributed by atoms with E-state index in [1.54, 1.807) is 0 Å². The van der Waals surface area contributed by atoms with Gasteiger partial charge in [0.1, 0.15) is 11.6 Å². The summed E-state index contributed by atoms with van der Waals surface area (Å²) in [4.78, 5) is 38.2. The van der Waals surface area contributed by atoms with Crippen molar-refractivity contribution >= 4 is 41.0 Å². The lowest BCUT2D eigenvalue weighted by atomic mass is 10.1. The number of rotatable bonds is 7. The van der Waals surface area contributed by atoms with E-state index in [1.165, 1.54) is 11.8 Å². The molecule has 0 radical (unpaired) electrons. The molecule has 2 N–H and O–H groups in total. The molecule has 0 spiro atoms. The van der Waals surface area contributed by atoms with Gasteiger partial charge in [-0.15, -0.1) is 0 Å². The number of carbonyl (C=O) groups is 2. The fourth-order valence-electron chi connectivity index (χ4n) is 3.90. The average molecular weight is 491 g/mol. The molecule has 4 rings (SSSR count). The second-order valence-corrected chi connectivity index (χ2v) is 9.18. The third kappa shape index (κ3) is 6.95. The van der Waals surface area contributed by atoms with Gasteiger partial charge in [-0.25, -0.2) is 14.8 Å². The zero-order valence-electron chi connectivity index (χ0n) is 20.0. The second kappa shape index (κ2) is 11.7. The van der Waals surface area contributed by atoms with Gasteiger partial charge < -0.3 is 20.4 Å². The van der Waals surface area contributed by atoms with Crippen LogP contribution in [0.2, 0.25) is 0 Å². The summed E-state index contributed by atoms with van der Waals surface area (Å²) in [5, 5.41) is 6.49. The van der Waals surface area contributed by atoms with Gasteiger partial charge in [0.15, 0.2) is 5.16 Å². The van der Waals surface area contributed by atoms with Crippen molar-refractivity contribution in [3.05, 3.63) is 71.8 Å². The smallest absolute Gasteiger partial charge is 0.321 e. The van der Waals surface area contributed by atoms with Crippen molar-refractivity contribution in [1.29, 1.82) is 0 Å². The monoisotopic (exact) mass is 490 g/mol. The molecular formula is C26H30N6O2S. The molecule has 0 saturated carbocycles. The van der Waals surface area contributed by atoms with Crippen LogP contribution < -0.4 is 15.5 Å². The molecule has 0 aliphatic carbocycles. The number of amides is 3. The van der Waals surface area contributed by atoms with E-state index in [4.69, 9.17) is 0 Å². The summed E-state index contributed by atoms with van der Waals surface area (Å²) in [5.41, 5.74) is 3.02. The first kappa shape index (κ1) is 24.5. The molecule has 1 aliphatic heterocycles. The van der Waals surface area contributed by atoms with E-state index < -0.39 is 0 Å². The molecule has 0 atom stereocenters. The molecule has 1 aliphatic rings. The van der Waals surface area contributed by atoms with Crippen molar-refractivity contribution in [1.82, 2.24) is 14.9 Å². The number of nitrogens with one attached hydrogen (secondary N) is 2. The van der Waals surface area contributed by atoms with Crippen LogP contribution in [0.5, 0.6) is 0 Å². The number of hydrogen-bond donors (Lipinski definition) is 2. The van der Waals surface area contributed by atoms with Crippen LogP contribution >= 0.6 is 11.8 Å². The molecule has 8 nitrogen and oxygen atoms in total. The Labute approximate surface area is 210 Å². The lowest BCUT2D eigenvalue weighted by Crippen LogP contribution is -2.50. The zero-order chi connectivity index (χ0) is 24.6. The van der Waals surface area contributed by atoms with E-state index >= 15 is 0 Å². The molecule has 2 heterocycles. The Balaban J connectivity index is 1.34. The zero-order valence-corrected chi connectivity index (χ0v) is 20.8. The van der Waals surface area contributed by atoms with Crippen molar-refractivity contribution in [2.45, 2.75) is 24.9 Å². The molecule has 1 fully saturated rings. The number of urea groups is 1. The van der Waals surface area contributed by atoms with E-state index in [9.17, 15) is 9.59 Å². The van der Waals surface area contributed by atoms with E-state index in [2.05, 4.69) is 25.5 Å². The first-order valence-electron chi connectivity index (χ1n) is 11.6. The summed E-state index contributed by atoms with van der Waals surface area (Å²) in [6.07, 6.45) is 2.97. The number of hydrogen-bond acceptors (Lipinski definition) is 6. The quantitative estimate of drug-likeness (QED) is 0.376. The number of aromatic nitrogens is 2. The first-order valence-corrected chi connectivity index (χ1v) is 12.9. The maximum Gasteiger partial charge on any atom is 0.321 e. The van der Waals surface area contributed by atoms with E-state index in [-0.39, 0.29) is 11.9 Å². The highest BCUT2D eigenvalue weighted by molar-refractivity contribution is 7.98. The predicted octanol–water partition coefficient (Wildman–Crippen LogP) is 4.43. The van der Waals surface area contributed by atoms with Gasteiger partial charge in [0.05, 0.1) is 0 Å². The predicted molar refractivity (Wildman–Crippen MR) is 141 cm³/mol. The highest BCUT2D eigenvalue weighted by Gasteiger charge is 2.23. The number of thioether (sulfide) groups is 1. The molecule has 35 heavy (non-hydrogen) atoms. The number of nitrogens with zero attached hydrogens (tertiary/aromatic N) is 4. The van der Waals surface area contributed by atoms with E-state index in [0.29, 0.717) is 50.0 Å². The van der Waals surface area contributed by atoms with Gasteiger partial charge >= 0.3 is 6.03 Å². The van der Waals surface area contributed by atoms with Crippen molar-refractivity contribution < 1.29 is 9.59 Å². The van der Waals surface area contributed by atoms with Gasteiger partial charge in [0, 0.05) is 44.4 Å². The highest BCUT2D eigenvalue weighted by Crippen LogP contribution is 2.22. The third-order valence-corrected chi connectivity index (χ3v) is 6.33. The highest BCUT2D eigenvalue weighted by atomic mass is 32.2. The molecule has 0 unspecified atom stereocenters. The van der Waals surface area contributed by atoms with Crippen LogP contribution in [0, 0.1) is 6.92 Å². The fraction of sp³-hybridized carbons (Fsp3) is 0.308. The molecule has 1 saturated heterocycles. The van der Waals surface area contributed by atoms with Crippen molar-refractivity contribution in [2.24, 2.45) is 0 Å². The Bertz CT molecular complexity index is 1170. The lowest BCUT2D eigenvalue weighted by Gasteiger charge is -2.35. The maximum absolute atomic E-state index is 12.7. The Morgan fingerprint density at radius 3 is 2.43 bits per heavy atom. The Hall–Kier alpha value is -3.59. The standard InChI is InChI=1S/C26H30N6O2S/c1-19-7-6-10-21(17-19)27-26(34)32-15-13-31(14-16-32)23-18-22(29-25(30-23)35-2)28-24(33)12-11-20-8-4-3-5-9-20/h3-10,17-18H,11-16H2,1-2H3,(H,27,34)(H,28,29,30,33). The largest absolute Gasteiger partial charge is 0.353 e. The van der Waals surface area contributed by atoms with Gasteiger partial charge in [-0.2, -0.15) is 0 Å². The average Bonchev–Trinajstić information content (AvgIpc) is 2.88. The van der Waals surface area contributed by atoms with Crippen LogP contribution in [0.4, 0.5) is 22.1 Å². The number of carbonyl (C=O) groups excluding carboxylic acids is 2. The molecule has 3 aromatic rings. The summed E-state index contributed by atoms with van der Waals surface area (Å²) in [6, 6.07) is 19.4. The van der Waals surface area contributed by atoms with Gasteiger partial charge in [-0.05, 0) is 42.9 Å². The molecule has 3 amide bonds. The minimum atomic E-state index is -0.103. The SMILES string of the molecule is CSc1nc(NC(=O)CCc2ccccc2)cc(N2CCN(C(=O)Nc3cccc(C)c3)CC2)n1. The number of aryl methyl sites for hydroxylation is 2. The van der Waals surface area contributed by atoms with Crippen LogP contribution in [-0.4, -0.2) is 59.2 Å². The van der Waals surface area contributed by atoms with E-state index in [1.807, 2.05) is 78.7 Å². The van der Waals surface area contributed by atoms with Crippen LogP contribution in [0.1, 0.15) is 17.5 Å². The van der Waals surface area contributed by atoms with Gasteiger partial charge in [0.25, 0.3) is 0 Å². The topological polar surface area (TPSA) is 90.5 Å². The first-order chi connectivity index (χ1) is 17.0. The minimum absolute atomic E-state index is 0.0804. The summed E-state index contributed by atoms with van der Waals surface area (Å²) in [7, 11) is 0.